The van der Waals surface area contributed by atoms with E-state index in [2.05, 4.69) is 44.5 Å². The molecule has 0 aliphatic heterocycles. The third kappa shape index (κ3) is 36.2. The number of hydrogen-bond donors (Lipinski definition) is 0. The maximum atomic E-state index is 6.17. The molecule has 0 saturated heterocycles. The Kier molecular flexibility index (Phi) is 37.4. The molecule has 0 atom stereocenters. The SMILES string of the molecule is CCCCCCCCCCCCCCCCCCCCC(CCCCCCCCCCCCCCCCCCCC)(C[N+](C)(C)C)O[PH-]. The largest absolute Gasteiger partial charge is 0.552 e. The highest BCUT2D eigenvalue weighted by atomic mass is 31.0. The standard InChI is InChI=1S/C45H94NOP/c1-6-8-10-12-14-16-18-20-22-24-26-28-30-32-34-36-38-40-42-45(47-48,44-46(3,4)5)43-41-39-37-35-33-31-29-27-25-23-21-19-17-15-13-11-9-7-2/h48H,6-44H2,1-5H3. The van der Waals surface area contributed by atoms with Gasteiger partial charge in [-0.1, -0.05) is 245 Å². The molecule has 0 spiro atoms. The fraction of sp³-hybridized carbons (Fsp3) is 1.00. The average Bonchev–Trinajstić information content (AvgIpc) is 3.06. The molecule has 3 heteroatoms. The van der Waals surface area contributed by atoms with Crippen LogP contribution in [0.4, 0.5) is 0 Å². The number of unbranched alkanes of at least 4 members (excludes halogenated alkanes) is 34. The van der Waals surface area contributed by atoms with E-state index in [0.29, 0.717) is 0 Å². The molecule has 0 aliphatic rings. The number of likely N-dealkylation sites (N-methyl/N-ethyl adjacent to an activating group) is 1. The van der Waals surface area contributed by atoms with Crippen LogP contribution in [0, 0.1) is 0 Å². The minimum Gasteiger partial charge on any atom is -0.552 e. The number of nitrogens with zero attached hydrogens (tertiary/aromatic N) is 1. The lowest BCUT2D eigenvalue weighted by atomic mass is 9.88. The number of hydrogen-bond acceptors (Lipinski definition) is 1. The Hall–Kier alpha value is 0.350. The van der Waals surface area contributed by atoms with Crippen LogP contribution in [0.1, 0.15) is 258 Å². The zero-order chi connectivity index (χ0) is 35.3. The van der Waals surface area contributed by atoms with Crippen molar-refractivity contribution in [1.82, 2.24) is 0 Å². The molecular weight excluding hydrogens is 601 g/mol. The summed E-state index contributed by atoms with van der Waals surface area (Å²) in [4.78, 5) is 0. The minimum absolute atomic E-state index is 0.0146. The van der Waals surface area contributed by atoms with Gasteiger partial charge < -0.3 is 18.5 Å². The van der Waals surface area contributed by atoms with Crippen molar-refractivity contribution in [1.29, 1.82) is 0 Å². The molecule has 0 amide bonds. The van der Waals surface area contributed by atoms with Gasteiger partial charge in [0.1, 0.15) is 6.54 Å². The van der Waals surface area contributed by atoms with Crippen LogP contribution in [0.2, 0.25) is 0 Å². The molecule has 0 bridgehead atoms. The van der Waals surface area contributed by atoms with Gasteiger partial charge in [-0.05, 0) is 12.8 Å². The van der Waals surface area contributed by atoms with Crippen LogP contribution in [-0.4, -0.2) is 37.8 Å². The van der Waals surface area contributed by atoms with Crippen LogP contribution < -0.4 is 0 Å². The lowest BCUT2D eigenvalue weighted by molar-refractivity contribution is -0.876. The van der Waals surface area contributed by atoms with Crippen molar-refractivity contribution < 1.29 is 9.01 Å². The highest BCUT2D eigenvalue weighted by Crippen LogP contribution is 2.31. The Morgan fingerprint density at radius 2 is 0.521 bits per heavy atom. The molecule has 0 aromatic rings. The summed E-state index contributed by atoms with van der Waals surface area (Å²) in [5.41, 5.74) is -0.0146. The lowest BCUT2D eigenvalue weighted by Crippen LogP contribution is -2.49. The third-order valence-electron chi connectivity index (χ3n) is 11.0. The van der Waals surface area contributed by atoms with Crippen molar-refractivity contribution in [3.8, 4) is 0 Å². The maximum absolute atomic E-state index is 6.17. The van der Waals surface area contributed by atoms with E-state index in [0.717, 1.165) is 11.0 Å². The van der Waals surface area contributed by atoms with Gasteiger partial charge in [0.05, 0.1) is 26.7 Å². The van der Waals surface area contributed by atoms with E-state index in [-0.39, 0.29) is 5.60 Å². The van der Waals surface area contributed by atoms with Crippen LogP contribution in [0.25, 0.3) is 0 Å². The predicted octanol–water partition coefficient (Wildman–Crippen LogP) is 16.4. The highest BCUT2D eigenvalue weighted by molar-refractivity contribution is 7.09. The van der Waals surface area contributed by atoms with Gasteiger partial charge in [0.2, 0.25) is 0 Å². The van der Waals surface area contributed by atoms with Gasteiger partial charge in [-0.2, -0.15) is 0 Å². The molecule has 0 heterocycles. The summed E-state index contributed by atoms with van der Waals surface area (Å²) in [6.07, 6.45) is 54.1. The highest BCUT2D eigenvalue weighted by Gasteiger charge is 2.32. The summed E-state index contributed by atoms with van der Waals surface area (Å²) < 4.78 is 7.14. The Morgan fingerprint density at radius 1 is 0.333 bits per heavy atom. The first kappa shape index (κ1) is 48.3. The second-order valence-electron chi connectivity index (χ2n) is 17.3. The number of quaternary nitrogens is 1. The molecular formula is C45H94NOP. The average molecular weight is 696 g/mol. The van der Waals surface area contributed by atoms with Crippen molar-refractivity contribution in [2.75, 3.05) is 27.7 Å². The Morgan fingerprint density at radius 3 is 0.688 bits per heavy atom. The molecule has 0 rings (SSSR count). The fourth-order valence-electron chi connectivity index (χ4n) is 7.98. The lowest BCUT2D eigenvalue weighted by Gasteiger charge is -2.42. The molecule has 0 aromatic carbocycles. The first-order valence-corrected chi connectivity index (χ1v) is 22.9. The van der Waals surface area contributed by atoms with Crippen molar-refractivity contribution in [2.24, 2.45) is 0 Å². The number of rotatable bonds is 41. The van der Waals surface area contributed by atoms with Crippen molar-refractivity contribution in [3.05, 3.63) is 0 Å². The Bertz CT molecular complexity index is 562. The molecule has 0 fully saturated rings. The summed E-state index contributed by atoms with van der Waals surface area (Å²) in [7, 11) is 10.6. The van der Waals surface area contributed by atoms with E-state index in [9.17, 15) is 0 Å². The molecule has 290 valence electrons. The minimum atomic E-state index is -0.0146. The van der Waals surface area contributed by atoms with Crippen LogP contribution >= 0.6 is 9.47 Å². The fourth-order valence-corrected chi connectivity index (χ4v) is 8.25. The molecule has 0 radical (unpaired) electrons. The maximum Gasteiger partial charge on any atom is 0.105 e. The second kappa shape index (κ2) is 37.1. The van der Waals surface area contributed by atoms with E-state index in [1.165, 1.54) is 244 Å². The molecule has 0 saturated carbocycles. The Labute approximate surface area is 308 Å². The van der Waals surface area contributed by atoms with Gasteiger partial charge >= 0.3 is 0 Å². The molecule has 0 aliphatic carbocycles. The normalized spacial score (nSPS) is 12.4. The molecule has 0 aromatic heterocycles. The Balaban J connectivity index is 3.78. The van der Waals surface area contributed by atoms with E-state index in [1.807, 2.05) is 0 Å². The van der Waals surface area contributed by atoms with Crippen LogP contribution in [0.3, 0.4) is 0 Å². The third-order valence-corrected chi connectivity index (χ3v) is 11.4. The van der Waals surface area contributed by atoms with E-state index < -0.39 is 0 Å². The summed E-state index contributed by atoms with van der Waals surface area (Å²) in [6, 6.07) is 0. The van der Waals surface area contributed by atoms with Crippen molar-refractivity contribution in [3.63, 3.8) is 0 Å². The topological polar surface area (TPSA) is 9.23 Å². The molecule has 2 nitrogen and oxygen atoms in total. The molecule has 0 unspecified atom stereocenters. The summed E-state index contributed by atoms with van der Waals surface area (Å²) in [5, 5.41) is 0. The monoisotopic (exact) mass is 696 g/mol. The van der Waals surface area contributed by atoms with Crippen molar-refractivity contribution >= 4 is 9.47 Å². The van der Waals surface area contributed by atoms with Crippen molar-refractivity contribution in [2.45, 2.75) is 263 Å². The smallest absolute Gasteiger partial charge is 0.105 e. The second-order valence-corrected chi connectivity index (χ2v) is 17.5. The van der Waals surface area contributed by atoms with Gasteiger partial charge in [0.25, 0.3) is 0 Å². The predicted molar refractivity (Wildman–Crippen MR) is 222 cm³/mol. The van der Waals surface area contributed by atoms with Gasteiger partial charge in [0.15, 0.2) is 0 Å². The first-order valence-electron chi connectivity index (χ1n) is 22.5. The van der Waals surface area contributed by atoms with Gasteiger partial charge in [-0.3, -0.25) is 0 Å². The van der Waals surface area contributed by atoms with Crippen LogP contribution in [0.5, 0.6) is 0 Å². The quantitative estimate of drug-likeness (QED) is 0.0351. The van der Waals surface area contributed by atoms with E-state index in [1.54, 1.807) is 0 Å². The van der Waals surface area contributed by atoms with Gasteiger partial charge in [-0.15, -0.1) is 0 Å². The zero-order valence-electron chi connectivity index (χ0n) is 34.4. The van der Waals surface area contributed by atoms with Crippen LogP contribution in [0.15, 0.2) is 0 Å². The zero-order valence-corrected chi connectivity index (χ0v) is 35.4. The summed E-state index contributed by atoms with van der Waals surface area (Å²) in [6.45, 7) is 5.71. The van der Waals surface area contributed by atoms with Gasteiger partial charge in [-0.25, -0.2) is 0 Å². The van der Waals surface area contributed by atoms with E-state index in [4.69, 9.17) is 4.52 Å². The molecule has 0 N–H and O–H groups in total. The summed E-state index contributed by atoms with van der Waals surface area (Å²) in [5.74, 6) is 0. The first-order chi connectivity index (χ1) is 23.4. The van der Waals surface area contributed by atoms with E-state index >= 15 is 0 Å². The van der Waals surface area contributed by atoms with Crippen LogP contribution in [-0.2, 0) is 4.52 Å². The molecule has 48 heavy (non-hydrogen) atoms. The summed E-state index contributed by atoms with van der Waals surface area (Å²) >= 11 is 0. The van der Waals surface area contributed by atoms with Gasteiger partial charge in [0, 0.05) is 0 Å².